The van der Waals surface area contributed by atoms with Gasteiger partial charge in [-0.3, -0.25) is 0 Å². The minimum Gasteiger partial charge on any atom is -0.360 e. The number of aryl methyl sites for hydroxylation is 1. The van der Waals surface area contributed by atoms with Crippen LogP contribution >= 0.6 is 11.5 Å². The third kappa shape index (κ3) is 4.24. The molecule has 0 spiro atoms. The monoisotopic (exact) mass is 283 g/mol. The maximum absolute atomic E-state index is 13.0. The average Bonchev–Trinajstić information content (AvgIpc) is 2.76. The van der Waals surface area contributed by atoms with Crippen molar-refractivity contribution >= 4 is 16.7 Å². The molecule has 0 saturated carbocycles. The SMILES string of the molecule is CCCc1nsc(NCCc2cc(F)cc(F)c2)n1. The Morgan fingerprint density at radius 1 is 1.16 bits per heavy atom. The third-order valence-electron chi connectivity index (χ3n) is 2.55. The molecule has 1 aromatic carbocycles. The molecule has 102 valence electrons. The highest BCUT2D eigenvalue weighted by molar-refractivity contribution is 7.09. The van der Waals surface area contributed by atoms with E-state index in [2.05, 4.69) is 21.6 Å². The summed E-state index contributed by atoms with van der Waals surface area (Å²) in [5.41, 5.74) is 0.628. The first-order chi connectivity index (χ1) is 9.17. The molecular formula is C13H15F2N3S. The Morgan fingerprint density at radius 2 is 1.89 bits per heavy atom. The summed E-state index contributed by atoms with van der Waals surface area (Å²) >= 11 is 1.31. The Balaban J connectivity index is 1.85. The van der Waals surface area contributed by atoms with E-state index in [-0.39, 0.29) is 0 Å². The zero-order chi connectivity index (χ0) is 13.7. The number of halogens is 2. The summed E-state index contributed by atoms with van der Waals surface area (Å²) in [5.74, 6) is -0.251. The first kappa shape index (κ1) is 13.9. The minimum atomic E-state index is -0.545. The van der Waals surface area contributed by atoms with E-state index in [9.17, 15) is 8.78 Å². The molecule has 1 heterocycles. The van der Waals surface area contributed by atoms with Gasteiger partial charge in [-0.25, -0.2) is 13.8 Å². The van der Waals surface area contributed by atoms with Gasteiger partial charge in [0.25, 0.3) is 0 Å². The number of hydrogen-bond donors (Lipinski definition) is 1. The quantitative estimate of drug-likeness (QED) is 0.882. The van der Waals surface area contributed by atoms with Crippen LogP contribution in [0, 0.1) is 11.6 Å². The molecule has 19 heavy (non-hydrogen) atoms. The van der Waals surface area contributed by atoms with Crippen molar-refractivity contribution in [1.29, 1.82) is 0 Å². The van der Waals surface area contributed by atoms with Gasteiger partial charge in [0.15, 0.2) is 0 Å². The van der Waals surface area contributed by atoms with Crippen molar-refractivity contribution in [2.45, 2.75) is 26.2 Å². The smallest absolute Gasteiger partial charge is 0.202 e. The molecule has 2 rings (SSSR count). The predicted octanol–water partition coefficient (Wildman–Crippen LogP) is 3.42. The lowest BCUT2D eigenvalue weighted by atomic mass is 10.1. The first-order valence-electron chi connectivity index (χ1n) is 6.19. The van der Waals surface area contributed by atoms with E-state index in [0.717, 1.165) is 29.9 Å². The van der Waals surface area contributed by atoms with Crippen molar-refractivity contribution < 1.29 is 8.78 Å². The fraction of sp³-hybridized carbons (Fsp3) is 0.385. The van der Waals surface area contributed by atoms with Crippen molar-refractivity contribution in [2.75, 3.05) is 11.9 Å². The lowest BCUT2D eigenvalue weighted by Gasteiger charge is -2.03. The van der Waals surface area contributed by atoms with E-state index in [1.807, 2.05) is 0 Å². The maximum atomic E-state index is 13.0. The van der Waals surface area contributed by atoms with E-state index in [4.69, 9.17) is 0 Å². The number of nitrogens with one attached hydrogen (secondary N) is 1. The molecule has 0 fully saturated rings. The molecule has 0 radical (unpaired) electrons. The molecule has 0 aliphatic heterocycles. The summed E-state index contributed by atoms with van der Waals surface area (Å²) in [5, 5.41) is 3.86. The normalized spacial score (nSPS) is 10.7. The minimum absolute atomic E-state index is 0.539. The third-order valence-corrected chi connectivity index (χ3v) is 3.26. The van der Waals surface area contributed by atoms with Crippen LogP contribution in [0.4, 0.5) is 13.9 Å². The van der Waals surface area contributed by atoms with Gasteiger partial charge in [-0.1, -0.05) is 6.92 Å². The molecule has 1 N–H and O–H groups in total. The summed E-state index contributed by atoms with van der Waals surface area (Å²) in [6.07, 6.45) is 2.42. The maximum Gasteiger partial charge on any atom is 0.202 e. The van der Waals surface area contributed by atoms with Gasteiger partial charge in [-0.05, 0) is 30.5 Å². The number of benzene rings is 1. The fourth-order valence-electron chi connectivity index (χ4n) is 1.72. The second kappa shape index (κ2) is 6.56. The molecular weight excluding hydrogens is 268 g/mol. The lowest BCUT2D eigenvalue weighted by molar-refractivity contribution is 0.580. The predicted molar refractivity (Wildman–Crippen MR) is 72.5 cm³/mol. The van der Waals surface area contributed by atoms with Crippen molar-refractivity contribution in [1.82, 2.24) is 9.36 Å². The van der Waals surface area contributed by atoms with Gasteiger partial charge >= 0.3 is 0 Å². The molecule has 6 heteroatoms. The van der Waals surface area contributed by atoms with Crippen LogP contribution in [-0.4, -0.2) is 15.9 Å². The van der Waals surface area contributed by atoms with Gasteiger partial charge in [0.1, 0.15) is 17.5 Å². The van der Waals surface area contributed by atoms with E-state index in [1.165, 1.54) is 23.7 Å². The second-order valence-corrected chi connectivity index (χ2v) is 4.97. The molecule has 0 atom stereocenters. The topological polar surface area (TPSA) is 37.8 Å². The number of anilines is 1. The van der Waals surface area contributed by atoms with Crippen LogP contribution < -0.4 is 5.32 Å². The number of nitrogens with zero attached hydrogens (tertiary/aromatic N) is 2. The first-order valence-corrected chi connectivity index (χ1v) is 6.96. The molecule has 0 saturated heterocycles. The Kier molecular flexibility index (Phi) is 4.79. The van der Waals surface area contributed by atoms with Crippen molar-refractivity contribution in [3.05, 3.63) is 41.2 Å². The van der Waals surface area contributed by atoms with Crippen molar-refractivity contribution in [3.63, 3.8) is 0 Å². The average molecular weight is 283 g/mol. The van der Waals surface area contributed by atoms with Gasteiger partial charge in [-0.15, -0.1) is 0 Å². The van der Waals surface area contributed by atoms with Crippen LogP contribution in [0.15, 0.2) is 18.2 Å². The number of hydrogen-bond acceptors (Lipinski definition) is 4. The zero-order valence-electron chi connectivity index (χ0n) is 10.6. The molecule has 0 amide bonds. The fourth-order valence-corrected chi connectivity index (χ4v) is 2.36. The number of rotatable bonds is 6. The second-order valence-electron chi connectivity index (χ2n) is 4.22. The van der Waals surface area contributed by atoms with Crippen molar-refractivity contribution in [2.24, 2.45) is 0 Å². The summed E-state index contributed by atoms with van der Waals surface area (Å²) in [6, 6.07) is 3.56. The largest absolute Gasteiger partial charge is 0.360 e. The van der Waals surface area contributed by atoms with E-state index >= 15 is 0 Å². The molecule has 3 nitrogen and oxygen atoms in total. The van der Waals surface area contributed by atoms with Crippen LogP contribution in [0.3, 0.4) is 0 Å². The molecule has 0 bridgehead atoms. The van der Waals surface area contributed by atoms with Gasteiger partial charge in [0.05, 0.1) is 0 Å². The summed E-state index contributed by atoms with van der Waals surface area (Å²) in [7, 11) is 0. The standard InChI is InChI=1S/C13H15F2N3S/c1-2-3-12-17-13(19-18-12)16-5-4-9-6-10(14)8-11(15)7-9/h6-8H,2-5H2,1H3,(H,16,17,18). The zero-order valence-corrected chi connectivity index (χ0v) is 11.4. The summed E-state index contributed by atoms with van der Waals surface area (Å²) < 4.78 is 30.2. The summed E-state index contributed by atoms with van der Waals surface area (Å²) in [4.78, 5) is 4.31. The highest BCUT2D eigenvalue weighted by Crippen LogP contribution is 2.13. The molecule has 2 aromatic rings. The Bertz CT molecular complexity index is 522. The van der Waals surface area contributed by atoms with Crippen LogP contribution in [0.1, 0.15) is 24.7 Å². The van der Waals surface area contributed by atoms with Gasteiger partial charge in [0, 0.05) is 30.6 Å². The molecule has 0 aliphatic carbocycles. The van der Waals surface area contributed by atoms with E-state index < -0.39 is 11.6 Å². The van der Waals surface area contributed by atoms with E-state index in [0.29, 0.717) is 18.5 Å². The van der Waals surface area contributed by atoms with Crippen LogP contribution in [0.2, 0.25) is 0 Å². The van der Waals surface area contributed by atoms with Crippen LogP contribution in [0.5, 0.6) is 0 Å². The van der Waals surface area contributed by atoms with E-state index in [1.54, 1.807) is 0 Å². The Morgan fingerprint density at radius 3 is 2.58 bits per heavy atom. The summed E-state index contributed by atoms with van der Waals surface area (Å²) in [6.45, 7) is 2.65. The Hall–Kier alpha value is -1.56. The highest BCUT2D eigenvalue weighted by atomic mass is 32.1. The van der Waals surface area contributed by atoms with Crippen LogP contribution in [0.25, 0.3) is 0 Å². The molecule has 0 unspecified atom stereocenters. The van der Waals surface area contributed by atoms with Crippen molar-refractivity contribution in [3.8, 4) is 0 Å². The van der Waals surface area contributed by atoms with Gasteiger partial charge < -0.3 is 5.32 Å². The Labute approximate surface area is 114 Å². The van der Waals surface area contributed by atoms with Crippen LogP contribution in [-0.2, 0) is 12.8 Å². The van der Waals surface area contributed by atoms with Gasteiger partial charge in [-0.2, -0.15) is 4.37 Å². The van der Waals surface area contributed by atoms with Gasteiger partial charge in [0.2, 0.25) is 5.13 Å². The lowest BCUT2D eigenvalue weighted by Crippen LogP contribution is -2.05. The molecule has 1 aromatic heterocycles. The number of aromatic nitrogens is 2. The molecule has 0 aliphatic rings. The highest BCUT2D eigenvalue weighted by Gasteiger charge is 2.04.